The summed E-state index contributed by atoms with van der Waals surface area (Å²) in [5, 5.41) is 3.37. The molecule has 3 rings (SSSR count). The summed E-state index contributed by atoms with van der Waals surface area (Å²) in [6.07, 6.45) is 6.45. The zero-order chi connectivity index (χ0) is 9.38. The summed E-state index contributed by atoms with van der Waals surface area (Å²) in [4.78, 5) is 8.33. The molecule has 0 N–H and O–H groups in total. The first-order valence-electron chi connectivity index (χ1n) is 4.45. The van der Waals surface area contributed by atoms with Gasteiger partial charge in [-0.3, -0.25) is 9.97 Å². The molecule has 0 spiro atoms. The van der Waals surface area contributed by atoms with Crippen molar-refractivity contribution in [3.05, 3.63) is 48.9 Å². The molecule has 14 heavy (non-hydrogen) atoms. The molecule has 0 aliphatic rings. The molecule has 2 heteroatoms. The fourth-order valence-electron chi connectivity index (χ4n) is 1.66. The van der Waals surface area contributed by atoms with Crippen LogP contribution >= 0.6 is 0 Å². The Morgan fingerprint density at radius 2 is 2.00 bits per heavy atom. The Bertz CT molecular complexity index is 547. The van der Waals surface area contributed by atoms with Crippen LogP contribution in [-0.4, -0.2) is 9.97 Å². The highest BCUT2D eigenvalue weighted by molar-refractivity contribution is 6.04. The number of fused-ring (bicyclic) bond motifs is 3. The van der Waals surface area contributed by atoms with E-state index in [4.69, 9.17) is 0 Å². The van der Waals surface area contributed by atoms with Gasteiger partial charge in [-0.15, -0.1) is 0 Å². The fraction of sp³-hybridized carbons (Fsp3) is 0. The van der Waals surface area contributed by atoms with Crippen molar-refractivity contribution in [2.24, 2.45) is 0 Å². The standard InChI is InChI=1S/C12H7N2/c1-2-9-3-4-10-8-13-7-5-11(10)12(9)14-6-1/h1-6,8H. The maximum absolute atomic E-state index is 4.36. The van der Waals surface area contributed by atoms with E-state index in [1.807, 2.05) is 24.5 Å². The van der Waals surface area contributed by atoms with Gasteiger partial charge in [0.15, 0.2) is 0 Å². The number of hydrogen-bond acceptors (Lipinski definition) is 2. The van der Waals surface area contributed by atoms with Crippen LogP contribution in [0.4, 0.5) is 0 Å². The quantitative estimate of drug-likeness (QED) is 0.496. The highest BCUT2D eigenvalue weighted by Crippen LogP contribution is 2.21. The van der Waals surface area contributed by atoms with Crippen molar-refractivity contribution in [2.45, 2.75) is 0 Å². The molecule has 0 aliphatic heterocycles. The highest BCUT2D eigenvalue weighted by Gasteiger charge is 1.99. The minimum Gasteiger partial charge on any atom is -0.256 e. The summed E-state index contributed by atoms with van der Waals surface area (Å²) in [6, 6.07) is 10.00. The molecule has 1 aromatic carbocycles. The van der Waals surface area contributed by atoms with E-state index in [0.29, 0.717) is 0 Å². The van der Waals surface area contributed by atoms with Crippen LogP contribution < -0.4 is 0 Å². The minimum atomic E-state index is 1.02. The van der Waals surface area contributed by atoms with Gasteiger partial charge in [0, 0.05) is 28.6 Å². The van der Waals surface area contributed by atoms with E-state index in [0.717, 1.165) is 21.7 Å². The van der Waals surface area contributed by atoms with E-state index in [-0.39, 0.29) is 0 Å². The fourth-order valence-corrected chi connectivity index (χ4v) is 1.66. The van der Waals surface area contributed by atoms with Crippen molar-refractivity contribution >= 4 is 21.7 Å². The lowest BCUT2D eigenvalue weighted by Crippen LogP contribution is -1.81. The number of pyridine rings is 2. The number of aromatic nitrogens is 2. The smallest absolute Gasteiger partial charge is 0.0893 e. The van der Waals surface area contributed by atoms with Gasteiger partial charge < -0.3 is 0 Å². The molecule has 0 amide bonds. The van der Waals surface area contributed by atoms with Gasteiger partial charge in [-0.25, -0.2) is 0 Å². The first-order chi connectivity index (χ1) is 6.95. The zero-order valence-electron chi connectivity index (χ0n) is 7.44. The average Bonchev–Trinajstić information content (AvgIpc) is 2.29. The van der Waals surface area contributed by atoms with Gasteiger partial charge in [0.25, 0.3) is 0 Å². The van der Waals surface area contributed by atoms with Crippen LogP contribution in [0.1, 0.15) is 0 Å². The summed E-state index contributed by atoms with van der Waals surface area (Å²) in [5.41, 5.74) is 1.02. The van der Waals surface area contributed by atoms with Gasteiger partial charge in [0.2, 0.25) is 0 Å². The summed E-state index contributed by atoms with van der Waals surface area (Å²) in [6.45, 7) is 0. The van der Waals surface area contributed by atoms with Crippen LogP contribution in [0.5, 0.6) is 0 Å². The highest BCUT2D eigenvalue weighted by atomic mass is 14.7. The first-order valence-corrected chi connectivity index (χ1v) is 4.45. The molecule has 0 saturated heterocycles. The maximum Gasteiger partial charge on any atom is 0.0893 e. The number of rotatable bonds is 0. The lowest BCUT2D eigenvalue weighted by Gasteiger charge is -2.00. The van der Waals surface area contributed by atoms with E-state index < -0.39 is 0 Å². The van der Waals surface area contributed by atoms with Crippen molar-refractivity contribution in [3.8, 4) is 0 Å². The second kappa shape index (κ2) is 2.77. The predicted molar refractivity (Wildman–Crippen MR) is 55.9 cm³/mol. The Kier molecular flexibility index (Phi) is 1.47. The van der Waals surface area contributed by atoms with Crippen molar-refractivity contribution in [1.29, 1.82) is 0 Å². The van der Waals surface area contributed by atoms with Crippen LogP contribution in [-0.2, 0) is 0 Å². The predicted octanol–water partition coefficient (Wildman–Crippen LogP) is 2.58. The van der Waals surface area contributed by atoms with E-state index >= 15 is 0 Å². The van der Waals surface area contributed by atoms with E-state index in [9.17, 15) is 0 Å². The van der Waals surface area contributed by atoms with Crippen LogP contribution in [0.15, 0.2) is 42.7 Å². The molecule has 0 aliphatic carbocycles. The second-order valence-corrected chi connectivity index (χ2v) is 3.18. The van der Waals surface area contributed by atoms with Crippen molar-refractivity contribution in [3.63, 3.8) is 0 Å². The summed E-state index contributed by atoms with van der Waals surface area (Å²) < 4.78 is 0. The molecule has 2 heterocycles. The van der Waals surface area contributed by atoms with Gasteiger partial charge in [-0.1, -0.05) is 18.2 Å². The normalized spacial score (nSPS) is 10.9. The molecule has 2 aromatic heterocycles. The maximum atomic E-state index is 4.36. The molecular formula is C12H7N2. The first kappa shape index (κ1) is 7.44. The molecule has 0 atom stereocenters. The molecular weight excluding hydrogens is 172 g/mol. The number of benzene rings is 1. The van der Waals surface area contributed by atoms with Crippen molar-refractivity contribution in [1.82, 2.24) is 9.97 Å². The third-order valence-electron chi connectivity index (χ3n) is 2.33. The van der Waals surface area contributed by atoms with E-state index in [1.54, 1.807) is 0 Å². The molecule has 0 bridgehead atoms. The summed E-state index contributed by atoms with van der Waals surface area (Å²) >= 11 is 0. The van der Waals surface area contributed by atoms with Crippen molar-refractivity contribution in [2.75, 3.05) is 0 Å². The van der Waals surface area contributed by atoms with Gasteiger partial charge in [0.05, 0.1) is 11.7 Å². The largest absolute Gasteiger partial charge is 0.256 e. The topological polar surface area (TPSA) is 25.8 Å². The van der Waals surface area contributed by atoms with Crippen LogP contribution in [0.25, 0.3) is 21.7 Å². The Labute approximate surface area is 81.2 Å². The summed E-state index contributed by atoms with van der Waals surface area (Å²) in [5.74, 6) is 0. The second-order valence-electron chi connectivity index (χ2n) is 3.18. The molecule has 0 unspecified atom stereocenters. The van der Waals surface area contributed by atoms with Gasteiger partial charge in [-0.05, 0) is 12.1 Å². The molecule has 0 saturated carbocycles. The van der Waals surface area contributed by atoms with Crippen molar-refractivity contribution < 1.29 is 0 Å². The van der Waals surface area contributed by atoms with E-state index in [2.05, 4.69) is 34.4 Å². The molecule has 65 valence electrons. The molecule has 0 fully saturated rings. The Hall–Kier alpha value is -1.96. The summed E-state index contributed by atoms with van der Waals surface area (Å²) in [7, 11) is 0. The van der Waals surface area contributed by atoms with Crippen LogP contribution in [0.3, 0.4) is 0 Å². The lowest BCUT2D eigenvalue weighted by molar-refractivity contribution is 1.34. The zero-order valence-corrected chi connectivity index (χ0v) is 7.44. The molecule has 2 nitrogen and oxygen atoms in total. The van der Waals surface area contributed by atoms with Crippen LogP contribution in [0, 0.1) is 6.20 Å². The third kappa shape index (κ3) is 0.973. The van der Waals surface area contributed by atoms with Gasteiger partial charge >= 0.3 is 0 Å². The van der Waals surface area contributed by atoms with Crippen LogP contribution in [0.2, 0.25) is 0 Å². The third-order valence-corrected chi connectivity index (χ3v) is 2.33. The van der Waals surface area contributed by atoms with Gasteiger partial charge in [0.1, 0.15) is 0 Å². The Morgan fingerprint density at radius 1 is 1.07 bits per heavy atom. The molecule has 1 radical (unpaired) electrons. The lowest BCUT2D eigenvalue weighted by atomic mass is 10.1. The number of nitrogens with zero attached hydrogens (tertiary/aromatic N) is 2. The SMILES string of the molecule is [c]1cc2c(ccc3cccnc32)cn1. The average molecular weight is 179 g/mol. The Morgan fingerprint density at radius 3 is 3.00 bits per heavy atom. The number of hydrogen-bond donors (Lipinski definition) is 0. The Balaban J connectivity index is 2.61. The van der Waals surface area contributed by atoms with E-state index in [1.165, 1.54) is 0 Å². The molecule has 3 aromatic rings. The monoisotopic (exact) mass is 179 g/mol. The van der Waals surface area contributed by atoms with Gasteiger partial charge in [-0.2, -0.15) is 0 Å². The minimum absolute atomic E-state index is 1.02.